The molecule has 0 N–H and O–H groups in total. The molecule has 2 aromatic carbocycles. The molecule has 1 heterocycles. The second-order valence-corrected chi connectivity index (χ2v) is 8.47. The Labute approximate surface area is 171 Å². The Balaban J connectivity index is 1.49. The molecule has 0 bridgehead atoms. The standard InChI is InChI=1S/C24H28FNOS/c1-19-9-15-23(16-10-19)28-18-17-26-22(7-4-8-24(26)27)6-3-2-5-20-11-13-21(25)14-12-20/h3,6,9-16,22H,2,4-5,7-8,17-18H2,1H3/b6-3+. The minimum atomic E-state index is -0.195. The highest BCUT2D eigenvalue weighted by molar-refractivity contribution is 7.99. The van der Waals surface area contributed by atoms with Crippen molar-refractivity contribution in [2.75, 3.05) is 12.3 Å². The van der Waals surface area contributed by atoms with Crippen LogP contribution in [0.25, 0.3) is 0 Å². The number of nitrogens with zero attached hydrogens (tertiary/aromatic N) is 1. The van der Waals surface area contributed by atoms with Crippen molar-refractivity contribution in [1.29, 1.82) is 0 Å². The number of rotatable bonds is 8. The fraction of sp³-hybridized carbons (Fsp3) is 0.375. The molecular formula is C24H28FNOS. The van der Waals surface area contributed by atoms with E-state index in [1.54, 1.807) is 11.8 Å². The van der Waals surface area contributed by atoms with Crippen molar-refractivity contribution in [3.63, 3.8) is 0 Å². The van der Waals surface area contributed by atoms with Crippen LogP contribution in [0.3, 0.4) is 0 Å². The largest absolute Gasteiger partial charge is 0.335 e. The van der Waals surface area contributed by atoms with Gasteiger partial charge in [-0.3, -0.25) is 4.79 Å². The van der Waals surface area contributed by atoms with Gasteiger partial charge in [0.25, 0.3) is 0 Å². The number of piperidine rings is 1. The number of halogens is 1. The van der Waals surface area contributed by atoms with Gasteiger partial charge in [0.1, 0.15) is 5.82 Å². The molecule has 0 radical (unpaired) electrons. The van der Waals surface area contributed by atoms with E-state index in [0.29, 0.717) is 6.42 Å². The first kappa shape index (κ1) is 20.7. The predicted molar refractivity (Wildman–Crippen MR) is 115 cm³/mol. The summed E-state index contributed by atoms with van der Waals surface area (Å²) in [4.78, 5) is 15.7. The Bertz CT molecular complexity index is 785. The van der Waals surface area contributed by atoms with Crippen molar-refractivity contribution in [3.8, 4) is 0 Å². The number of benzene rings is 2. The molecule has 1 unspecified atom stereocenters. The highest BCUT2D eigenvalue weighted by Crippen LogP contribution is 2.23. The fourth-order valence-corrected chi connectivity index (χ4v) is 4.34. The van der Waals surface area contributed by atoms with Crippen molar-refractivity contribution in [2.24, 2.45) is 0 Å². The van der Waals surface area contributed by atoms with Crippen LogP contribution in [-0.2, 0) is 11.2 Å². The van der Waals surface area contributed by atoms with Gasteiger partial charge >= 0.3 is 0 Å². The summed E-state index contributed by atoms with van der Waals surface area (Å²) in [6, 6.07) is 15.4. The Kier molecular flexibility index (Phi) is 7.72. The Morgan fingerprint density at radius 2 is 1.89 bits per heavy atom. The van der Waals surface area contributed by atoms with Crippen molar-refractivity contribution in [3.05, 3.63) is 77.6 Å². The molecule has 0 aliphatic carbocycles. The average Bonchev–Trinajstić information content (AvgIpc) is 2.70. The number of hydrogen-bond donors (Lipinski definition) is 0. The lowest BCUT2D eigenvalue weighted by atomic mass is 10.0. The summed E-state index contributed by atoms with van der Waals surface area (Å²) in [5, 5.41) is 0. The van der Waals surface area contributed by atoms with Gasteiger partial charge in [0.2, 0.25) is 5.91 Å². The summed E-state index contributed by atoms with van der Waals surface area (Å²) in [7, 11) is 0. The monoisotopic (exact) mass is 397 g/mol. The van der Waals surface area contributed by atoms with Gasteiger partial charge in [0, 0.05) is 29.7 Å². The summed E-state index contributed by atoms with van der Waals surface area (Å²) in [5.41, 5.74) is 2.40. The molecule has 4 heteroatoms. The first-order chi connectivity index (χ1) is 13.6. The van der Waals surface area contributed by atoms with Gasteiger partial charge in [-0.15, -0.1) is 11.8 Å². The van der Waals surface area contributed by atoms with Crippen molar-refractivity contribution >= 4 is 17.7 Å². The second-order valence-electron chi connectivity index (χ2n) is 7.30. The number of aryl methyl sites for hydroxylation is 2. The molecule has 1 amide bonds. The zero-order chi connectivity index (χ0) is 19.8. The van der Waals surface area contributed by atoms with Crippen molar-refractivity contribution in [1.82, 2.24) is 4.90 Å². The molecule has 0 saturated carbocycles. The number of likely N-dealkylation sites (tertiary alicyclic amines) is 1. The highest BCUT2D eigenvalue weighted by Gasteiger charge is 2.25. The number of amides is 1. The summed E-state index contributed by atoms with van der Waals surface area (Å²) in [6.07, 6.45) is 8.82. The van der Waals surface area contributed by atoms with Gasteiger partial charge in [0.05, 0.1) is 0 Å². The van der Waals surface area contributed by atoms with E-state index >= 15 is 0 Å². The normalized spacial score (nSPS) is 17.4. The molecule has 1 aliphatic rings. The summed E-state index contributed by atoms with van der Waals surface area (Å²) in [6.45, 7) is 2.87. The maximum absolute atomic E-state index is 13.0. The van der Waals surface area contributed by atoms with Crippen LogP contribution in [0.5, 0.6) is 0 Å². The molecule has 1 fully saturated rings. The summed E-state index contributed by atoms with van der Waals surface area (Å²) < 4.78 is 13.0. The van der Waals surface area contributed by atoms with Crippen molar-refractivity contribution < 1.29 is 9.18 Å². The van der Waals surface area contributed by atoms with E-state index in [9.17, 15) is 9.18 Å². The average molecular weight is 398 g/mol. The van der Waals surface area contributed by atoms with Crippen molar-refractivity contribution in [2.45, 2.75) is 50.0 Å². The number of allylic oxidation sites excluding steroid dienone is 1. The molecule has 0 spiro atoms. The van der Waals surface area contributed by atoms with Crippen LogP contribution in [0.15, 0.2) is 65.6 Å². The molecule has 2 aromatic rings. The van der Waals surface area contributed by atoms with Gasteiger partial charge in [-0.05, 0) is 62.4 Å². The first-order valence-electron chi connectivity index (χ1n) is 10.0. The van der Waals surface area contributed by atoms with Crippen LogP contribution in [0.1, 0.15) is 36.8 Å². The first-order valence-corrected chi connectivity index (χ1v) is 11.0. The van der Waals surface area contributed by atoms with Gasteiger partial charge in [-0.2, -0.15) is 0 Å². The maximum Gasteiger partial charge on any atom is 0.223 e. The quantitative estimate of drug-likeness (QED) is 0.415. The van der Waals surface area contributed by atoms with Gasteiger partial charge < -0.3 is 4.90 Å². The fourth-order valence-electron chi connectivity index (χ4n) is 3.49. The van der Waals surface area contributed by atoms with E-state index in [4.69, 9.17) is 0 Å². The lowest BCUT2D eigenvalue weighted by Gasteiger charge is -2.34. The molecule has 3 rings (SSSR count). The zero-order valence-electron chi connectivity index (χ0n) is 16.4. The van der Waals surface area contributed by atoms with Crippen LogP contribution in [-0.4, -0.2) is 29.1 Å². The Hall–Kier alpha value is -2.07. The number of carbonyl (C=O) groups is 1. The minimum Gasteiger partial charge on any atom is -0.335 e. The van der Waals surface area contributed by atoms with E-state index in [1.165, 1.54) is 22.6 Å². The molecule has 1 atom stereocenters. The third-order valence-electron chi connectivity index (χ3n) is 5.10. The predicted octanol–water partition coefficient (Wildman–Crippen LogP) is 5.80. The van der Waals surface area contributed by atoms with E-state index in [-0.39, 0.29) is 17.8 Å². The van der Waals surface area contributed by atoms with Crippen LogP contribution in [0.2, 0.25) is 0 Å². The van der Waals surface area contributed by atoms with Gasteiger partial charge in [-0.25, -0.2) is 4.39 Å². The minimum absolute atomic E-state index is 0.195. The maximum atomic E-state index is 13.0. The lowest BCUT2D eigenvalue weighted by molar-refractivity contribution is -0.134. The third kappa shape index (κ3) is 6.23. The molecule has 28 heavy (non-hydrogen) atoms. The van der Waals surface area contributed by atoms with E-state index in [1.807, 2.05) is 17.0 Å². The molecule has 0 aromatic heterocycles. The molecule has 1 aliphatic heterocycles. The highest BCUT2D eigenvalue weighted by atomic mass is 32.2. The van der Waals surface area contributed by atoms with Gasteiger partial charge in [0.15, 0.2) is 0 Å². The molecule has 2 nitrogen and oxygen atoms in total. The summed E-state index contributed by atoms with van der Waals surface area (Å²) in [5.74, 6) is 0.984. The van der Waals surface area contributed by atoms with E-state index in [0.717, 1.165) is 43.5 Å². The van der Waals surface area contributed by atoms with Gasteiger partial charge in [-0.1, -0.05) is 42.0 Å². The smallest absolute Gasteiger partial charge is 0.223 e. The number of hydrogen-bond acceptors (Lipinski definition) is 2. The zero-order valence-corrected chi connectivity index (χ0v) is 17.3. The van der Waals surface area contributed by atoms with Crippen LogP contribution < -0.4 is 0 Å². The second kappa shape index (κ2) is 10.5. The third-order valence-corrected chi connectivity index (χ3v) is 6.10. The number of carbonyl (C=O) groups excluding carboxylic acids is 1. The topological polar surface area (TPSA) is 20.3 Å². The summed E-state index contributed by atoms with van der Waals surface area (Å²) >= 11 is 1.81. The van der Waals surface area contributed by atoms with E-state index < -0.39 is 0 Å². The SMILES string of the molecule is Cc1ccc(SCCN2C(=O)CCCC2/C=C/CCc2ccc(F)cc2)cc1. The van der Waals surface area contributed by atoms with Crippen LogP contribution in [0, 0.1) is 12.7 Å². The lowest BCUT2D eigenvalue weighted by Crippen LogP contribution is -2.43. The molecule has 148 valence electrons. The van der Waals surface area contributed by atoms with E-state index in [2.05, 4.69) is 43.3 Å². The molecule has 1 saturated heterocycles. The Morgan fingerprint density at radius 1 is 1.14 bits per heavy atom. The molecular weight excluding hydrogens is 369 g/mol. The van der Waals surface area contributed by atoms with Crippen LogP contribution >= 0.6 is 11.8 Å². The van der Waals surface area contributed by atoms with Crippen LogP contribution in [0.4, 0.5) is 4.39 Å². The Morgan fingerprint density at radius 3 is 2.64 bits per heavy atom. The number of thioether (sulfide) groups is 1.